The van der Waals surface area contributed by atoms with E-state index < -0.39 is 0 Å². The van der Waals surface area contributed by atoms with Crippen molar-refractivity contribution in [3.8, 4) is 5.75 Å². The maximum absolute atomic E-state index is 12.7. The van der Waals surface area contributed by atoms with E-state index in [4.69, 9.17) is 4.42 Å². The Labute approximate surface area is 169 Å². The Kier molecular flexibility index (Phi) is 5.24. The average Bonchev–Trinajstić information content (AvgIpc) is 2.70. The molecule has 1 aliphatic heterocycles. The third-order valence-corrected chi connectivity index (χ3v) is 5.95. The Morgan fingerprint density at radius 3 is 2.41 bits per heavy atom. The second kappa shape index (κ2) is 7.84. The van der Waals surface area contributed by atoms with Crippen molar-refractivity contribution in [1.29, 1.82) is 0 Å². The van der Waals surface area contributed by atoms with E-state index in [1.807, 2.05) is 13.0 Å². The van der Waals surface area contributed by atoms with Gasteiger partial charge in [0.1, 0.15) is 11.3 Å². The van der Waals surface area contributed by atoms with Gasteiger partial charge in [-0.15, -0.1) is 0 Å². The number of likely N-dealkylation sites (tertiary alicyclic amines) is 1. The summed E-state index contributed by atoms with van der Waals surface area (Å²) in [4.78, 5) is 27.0. The number of hydrogen-bond donors (Lipinski definition) is 1. The Morgan fingerprint density at radius 2 is 1.72 bits per heavy atom. The minimum atomic E-state index is -0.326. The molecular weight excluding hydrogens is 366 g/mol. The molecule has 150 valence electrons. The molecule has 3 aromatic rings. The van der Waals surface area contributed by atoms with E-state index in [9.17, 15) is 14.7 Å². The van der Waals surface area contributed by atoms with Crippen LogP contribution in [0.1, 0.15) is 39.9 Å². The summed E-state index contributed by atoms with van der Waals surface area (Å²) in [5.41, 5.74) is 4.21. The molecular formula is C24H25NO4. The van der Waals surface area contributed by atoms with Gasteiger partial charge in [-0.05, 0) is 92.9 Å². The lowest BCUT2D eigenvalue weighted by Gasteiger charge is -2.31. The van der Waals surface area contributed by atoms with Crippen LogP contribution in [0.4, 0.5) is 0 Å². The molecule has 0 unspecified atom stereocenters. The molecule has 0 saturated carbocycles. The number of rotatable bonds is 4. The summed E-state index contributed by atoms with van der Waals surface area (Å²) in [6.45, 7) is 6.36. The zero-order valence-corrected chi connectivity index (χ0v) is 16.8. The standard InChI is InChI=1S/C24H25NO4/c1-15-11-21-19(13-23(27)29-22(21)12-16(15)2)14-25-9-7-18(8-10-25)24(28)17-3-5-20(26)6-4-17/h3-6,11-13,18,26H,7-10,14H2,1-2H3. The van der Waals surface area contributed by atoms with Gasteiger partial charge >= 0.3 is 5.63 Å². The molecule has 5 heteroatoms. The summed E-state index contributed by atoms with van der Waals surface area (Å²) in [6, 6.07) is 12.1. The van der Waals surface area contributed by atoms with Crippen LogP contribution < -0.4 is 5.63 Å². The van der Waals surface area contributed by atoms with Crippen LogP contribution in [-0.2, 0) is 6.54 Å². The van der Waals surface area contributed by atoms with Crippen molar-refractivity contribution >= 4 is 16.8 Å². The Morgan fingerprint density at radius 1 is 1.07 bits per heavy atom. The maximum Gasteiger partial charge on any atom is 0.336 e. The van der Waals surface area contributed by atoms with Crippen LogP contribution in [0, 0.1) is 19.8 Å². The van der Waals surface area contributed by atoms with Crippen molar-refractivity contribution in [2.45, 2.75) is 33.2 Å². The van der Waals surface area contributed by atoms with Gasteiger partial charge in [0.05, 0.1) is 0 Å². The molecule has 29 heavy (non-hydrogen) atoms. The first kappa shape index (κ1) is 19.4. The van der Waals surface area contributed by atoms with Crippen LogP contribution in [0.2, 0.25) is 0 Å². The highest BCUT2D eigenvalue weighted by Crippen LogP contribution is 2.26. The number of carbonyl (C=O) groups is 1. The van der Waals surface area contributed by atoms with Gasteiger partial charge in [-0.3, -0.25) is 9.69 Å². The number of phenolic OH excluding ortho intramolecular Hbond substituents is 1. The molecule has 2 aromatic carbocycles. The number of Topliss-reactive ketones (excluding diaryl/α,β-unsaturated/α-hetero) is 1. The number of aromatic hydroxyl groups is 1. The first-order chi connectivity index (χ1) is 13.9. The molecule has 1 N–H and O–H groups in total. The summed E-state index contributed by atoms with van der Waals surface area (Å²) in [6.07, 6.45) is 1.58. The van der Waals surface area contributed by atoms with Gasteiger partial charge in [-0.1, -0.05) is 0 Å². The number of aryl methyl sites for hydroxylation is 2. The topological polar surface area (TPSA) is 70.8 Å². The van der Waals surface area contributed by atoms with E-state index in [1.165, 1.54) is 5.56 Å². The van der Waals surface area contributed by atoms with Crippen LogP contribution in [0.5, 0.6) is 5.75 Å². The fraction of sp³-hybridized carbons (Fsp3) is 0.333. The number of nitrogens with zero attached hydrogens (tertiary/aromatic N) is 1. The molecule has 1 saturated heterocycles. The van der Waals surface area contributed by atoms with E-state index in [0.29, 0.717) is 17.7 Å². The van der Waals surface area contributed by atoms with Crippen LogP contribution >= 0.6 is 0 Å². The Hall–Kier alpha value is -2.92. The highest BCUT2D eigenvalue weighted by Gasteiger charge is 2.26. The SMILES string of the molecule is Cc1cc2oc(=O)cc(CN3CCC(C(=O)c4ccc(O)cc4)CC3)c2cc1C. The molecule has 1 aliphatic rings. The predicted octanol–water partition coefficient (Wildman–Crippen LogP) is 4.21. The number of carbonyl (C=O) groups excluding carboxylic acids is 1. The normalized spacial score (nSPS) is 15.7. The number of hydrogen-bond acceptors (Lipinski definition) is 5. The fourth-order valence-corrected chi connectivity index (χ4v) is 4.07. The Bertz CT molecular complexity index is 1110. The second-order valence-corrected chi connectivity index (χ2v) is 7.98. The second-order valence-electron chi connectivity index (χ2n) is 7.98. The molecule has 5 nitrogen and oxygen atoms in total. The molecule has 2 heterocycles. The largest absolute Gasteiger partial charge is 0.508 e. The van der Waals surface area contributed by atoms with Crippen LogP contribution in [0.25, 0.3) is 11.0 Å². The number of piperidine rings is 1. The van der Waals surface area contributed by atoms with Crippen molar-refractivity contribution < 1.29 is 14.3 Å². The van der Waals surface area contributed by atoms with Crippen molar-refractivity contribution in [2.75, 3.05) is 13.1 Å². The van der Waals surface area contributed by atoms with Gasteiger partial charge in [0, 0.05) is 29.5 Å². The first-order valence-corrected chi connectivity index (χ1v) is 10.0. The van der Waals surface area contributed by atoms with Crippen LogP contribution in [0.15, 0.2) is 51.7 Å². The minimum Gasteiger partial charge on any atom is -0.508 e. The maximum atomic E-state index is 12.7. The van der Waals surface area contributed by atoms with Gasteiger partial charge in [0.15, 0.2) is 5.78 Å². The average molecular weight is 391 g/mol. The summed E-state index contributed by atoms with van der Waals surface area (Å²) < 4.78 is 5.40. The molecule has 0 amide bonds. The molecule has 0 radical (unpaired) electrons. The predicted molar refractivity (Wildman–Crippen MR) is 112 cm³/mol. The van der Waals surface area contributed by atoms with Gasteiger partial charge in [0.25, 0.3) is 0 Å². The van der Waals surface area contributed by atoms with Gasteiger partial charge in [-0.25, -0.2) is 4.79 Å². The van der Waals surface area contributed by atoms with Crippen molar-refractivity contribution in [3.63, 3.8) is 0 Å². The molecule has 4 rings (SSSR count). The fourth-order valence-electron chi connectivity index (χ4n) is 4.07. The van der Waals surface area contributed by atoms with E-state index in [1.54, 1.807) is 30.3 Å². The van der Waals surface area contributed by atoms with E-state index in [2.05, 4.69) is 17.9 Å². The van der Waals surface area contributed by atoms with E-state index in [0.717, 1.165) is 42.4 Å². The van der Waals surface area contributed by atoms with Crippen LogP contribution in [0.3, 0.4) is 0 Å². The lowest BCUT2D eigenvalue weighted by atomic mass is 9.88. The van der Waals surface area contributed by atoms with E-state index >= 15 is 0 Å². The summed E-state index contributed by atoms with van der Waals surface area (Å²) in [5, 5.41) is 10.4. The number of phenols is 1. The highest BCUT2D eigenvalue weighted by atomic mass is 16.4. The lowest BCUT2D eigenvalue weighted by molar-refractivity contribution is 0.0835. The zero-order chi connectivity index (χ0) is 20.5. The van der Waals surface area contributed by atoms with Gasteiger partial charge in [-0.2, -0.15) is 0 Å². The highest BCUT2D eigenvalue weighted by molar-refractivity contribution is 5.98. The summed E-state index contributed by atoms with van der Waals surface area (Å²) in [7, 11) is 0. The molecule has 0 spiro atoms. The van der Waals surface area contributed by atoms with E-state index in [-0.39, 0.29) is 23.1 Å². The lowest BCUT2D eigenvalue weighted by Crippen LogP contribution is -2.36. The number of benzene rings is 2. The summed E-state index contributed by atoms with van der Waals surface area (Å²) in [5.74, 6) is 0.307. The molecule has 0 atom stereocenters. The van der Waals surface area contributed by atoms with Crippen molar-refractivity contribution in [2.24, 2.45) is 5.92 Å². The minimum absolute atomic E-state index is 0.00160. The molecule has 0 bridgehead atoms. The smallest absolute Gasteiger partial charge is 0.336 e. The zero-order valence-electron chi connectivity index (χ0n) is 16.8. The van der Waals surface area contributed by atoms with Crippen LogP contribution in [-0.4, -0.2) is 28.9 Å². The first-order valence-electron chi connectivity index (χ1n) is 10.0. The van der Waals surface area contributed by atoms with Gasteiger partial charge < -0.3 is 9.52 Å². The van der Waals surface area contributed by atoms with Crippen molar-refractivity contribution in [1.82, 2.24) is 4.90 Å². The van der Waals surface area contributed by atoms with Crippen molar-refractivity contribution in [3.05, 3.63) is 75.1 Å². The molecule has 1 aromatic heterocycles. The number of ketones is 1. The number of fused-ring (bicyclic) bond motifs is 1. The summed E-state index contributed by atoms with van der Waals surface area (Å²) >= 11 is 0. The Balaban J connectivity index is 1.47. The third-order valence-electron chi connectivity index (χ3n) is 5.95. The molecule has 0 aliphatic carbocycles. The van der Waals surface area contributed by atoms with Gasteiger partial charge in [0.2, 0.25) is 0 Å². The monoisotopic (exact) mass is 391 g/mol. The quantitative estimate of drug-likeness (QED) is 0.533. The third kappa shape index (κ3) is 4.10. The molecule has 1 fully saturated rings.